The third-order valence-corrected chi connectivity index (χ3v) is 3.09. The molecule has 0 saturated carbocycles. The van der Waals surface area contributed by atoms with Crippen molar-refractivity contribution in [1.29, 1.82) is 0 Å². The van der Waals surface area contributed by atoms with Crippen molar-refractivity contribution in [2.24, 2.45) is 0 Å². The predicted molar refractivity (Wildman–Crippen MR) is 70.4 cm³/mol. The minimum Gasteiger partial charge on any atom is -0.364 e. The van der Waals surface area contributed by atoms with Crippen molar-refractivity contribution in [3.8, 4) is 0 Å². The van der Waals surface area contributed by atoms with Gasteiger partial charge in [-0.15, -0.1) is 0 Å². The second-order valence-electron chi connectivity index (χ2n) is 3.90. The number of H-pyrrole nitrogens is 1. The smallest absolute Gasteiger partial charge is 0.224 e. The fourth-order valence-electron chi connectivity index (χ4n) is 1.57. The lowest BCUT2D eigenvalue weighted by Crippen LogP contribution is -2.24. The van der Waals surface area contributed by atoms with Gasteiger partial charge < -0.3 is 10.3 Å². The molecule has 0 aliphatic rings. The van der Waals surface area contributed by atoms with Gasteiger partial charge in [-0.25, -0.2) is 4.39 Å². The van der Waals surface area contributed by atoms with E-state index in [1.807, 2.05) is 12.1 Å². The lowest BCUT2D eigenvalue weighted by molar-refractivity contribution is -0.120. The van der Waals surface area contributed by atoms with Crippen LogP contribution in [-0.4, -0.2) is 10.9 Å². The Bertz CT molecular complexity index is 540. The molecule has 0 bridgehead atoms. The lowest BCUT2D eigenvalue weighted by atomic mass is 10.1. The van der Waals surface area contributed by atoms with Crippen LogP contribution in [0.5, 0.6) is 0 Å². The summed E-state index contributed by atoms with van der Waals surface area (Å²) in [6.07, 6.45) is 2.04. The van der Waals surface area contributed by atoms with Gasteiger partial charge in [0.2, 0.25) is 5.91 Å². The number of hydrogen-bond donors (Lipinski definition) is 2. The molecule has 0 radical (unpaired) electrons. The molecule has 1 aromatic carbocycles. The highest BCUT2D eigenvalue weighted by molar-refractivity contribution is 9.10. The van der Waals surface area contributed by atoms with E-state index < -0.39 is 0 Å². The number of halogens is 2. The molecule has 0 aliphatic carbocycles. The van der Waals surface area contributed by atoms with Crippen LogP contribution in [0, 0.1) is 5.82 Å². The summed E-state index contributed by atoms with van der Waals surface area (Å²) >= 11 is 3.09. The van der Waals surface area contributed by atoms with E-state index in [-0.39, 0.29) is 18.1 Å². The minimum atomic E-state index is -0.328. The van der Waals surface area contributed by atoms with Gasteiger partial charge in [0.1, 0.15) is 5.82 Å². The van der Waals surface area contributed by atoms with Gasteiger partial charge in [-0.05, 0) is 45.8 Å². The molecule has 18 heavy (non-hydrogen) atoms. The first-order valence-electron chi connectivity index (χ1n) is 5.48. The first kappa shape index (κ1) is 12.8. The Hall–Kier alpha value is -1.62. The molecular formula is C13H12BrFN2O. The largest absolute Gasteiger partial charge is 0.364 e. The Morgan fingerprint density at radius 3 is 2.89 bits per heavy atom. The van der Waals surface area contributed by atoms with E-state index >= 15 is 0 Å². The first-order valence-corrected chi connectivity index (χ1v) is 6.27. The molecule has 2 aromatic rings. The number of amides is 1. The SMILES string of the molecule is O=C(Cc1ccc(F)c(Br)c1)NCc1ccc[nH]1. The predicted octanol–water partition coefficient (Wildman–Crippen LogP) is 2.78. The minimum absolute atomic E-state index is 0.0943. The first-order chi connectivity index (χ1) is 8.65. The van der Waals surface area contributed by atoms with E-state index in [1.54, 1.807) is 18.3 Å². The molecule has 94 valence electrons. The van der Waals surface area contributed by atoms with Crippen molar-refractivity contribution in [3.05, 3.63) is 58.1 Å². The molecule has 1 aromatic heterocycles. The number of carbonyl (C=O) groups is 1. The van der Waals surface area contributed by atoms with Crippen LogP contribution in [0.25, 0.3) is 0 Å². The average molecular weight is 311 g/mol. The summed E-state index contributed by atoms with van der Waals surface area (Å²) < 4.78 is 13.4. The van der Waals surface area contributed by atoms with Crippen molar-refractivity contribution in [2.45, 2.75) is 13.0 Å². The van der Waals surface area contributed by atoms with E-state index in [0.717, 1.165) is 11.3 Å². The maximum atomic E-state index is 13.0. The second kappa shape index (κ2) is 5.82. The van der Waals surface area contributed by atoms with Crippen molar-refractivity contribution in [1.82, 2.24) is 10.3 Å². The van der Waals surface area contributed by atoms with Gasteiger partial charge in [0, 0.05) is 11.9 Å². The summed E-state index contributed by atoms with van der Waals surface area (Å²) in [6.45, 7) is 0.466. The zero-order chi connectivity index (χ0) is 13.0. The van der Waals surface area contributed by atoms with Crippen molar-refractivity contribution >= 4 is 21.8 Å². The molecule has 1 amide bonds. The zero-order valence-electron chi connectivity index (χ0n) is 9.54. The van der Waals surface area contributed by atoms with Crippen LogP contribution in [0.4, 0.5) is 4.39 Å². The van der Waals surface area contributed by atoms with Gasteiger partial charge in [0.25, 0.3) is 0 Å². The van der Waals surface area contributed by atoms with E-state index in [9.17, 15) is 9.18 Å². The molecule has 2 N–H and O–H groups in total. The zero-order valence-corrected chi connectivity index (χ0v) is 11.1. The number of hydrogen-bond acceptors (Lipinski definition) is 1. The Morgan fingerprint density at radius 1 is 1.39 bits per heavy atom. The molecule has 0 atom stereocenters. The van der Waals surface area contributed by atoms with Crippen LogP contribution in [0.15, 0.2) is 41.0 Å². The summed E-state index contributed by atoms with van der Waals surface area (Å²) in [7, 11) is 0. The quantitative estimate of drug-likeness (QED) is 0.896. The number of benzene rings is 1. The molecule has 2 rings (SSSR count). The Kier molecular flexibility index (Phi) is 4.15. The normalized spacial score (nSPS) is 10.3. The molecule has 5 heteroatoms. The Morgan fingerprint density at radius 2 is 2.22 bits per heavy atom. The van der Waals surface area contributed by atoms with Gasteiger partial charge in [0.05, 0.1) is 17.4 Å². The molecule has 0 aliphatic heterocycles. The van der Waals surface area contributed by atoms with E-state index in [1.165, 1.54) is 6.07 Å². The molecular weight excluding hydrogens is 299 g/mol. The second-order valence-corrected chi connectivity index (χ2v) is 4.75. The topological polar surface area (TPSA) is 44.9 Å². The molecule has 0 unspecified atom stereocenters. The standard InChI is InChI=1S/C13H12BrFN2O/c14-11-6-9(3-4-12(11)15)7-13(18)17-8-10-2-1-5-16-10/h1-6,16H,7-8H2,(H,17,18). The number of rotatable bonds is 4. The lowest BCUT2D eigenvalue weighted by Gasteiger charge is -2.05. The van der Waals surface area contributed by atoms with Gasteiger partial charge in [-0.3, -0.25) is 4.79 Å². The van der Waals surface area contributed by atoms with Crippen molar-refractivity contribution < 1.29 is 9.18 Å². The molecule has 0 fully saturated rings. The van der Waals surface area contributed by atoms with Gasteiger partial charge >= 0.3 is 0 Å². The van der Waals surface area contributed by atoms with Crippen LogP contribution < -0.4 is 5.32 Å². The van der Waals surface area contributed by atoms with Gasteiger partial charge in [-0.2, -0.15) is 0 Å². The monoisotopic (exact) mass is 310 g/mol. The summed E-state index contributed by atoms with van der Waals surface area (Å²) in [6, 6.07) is 8.34. The highest BCUT2D eigenvalue weighted by Gasteiger charge is 2.06. The number of aromatic nitrogens is 1. The van der Waals surface area contributed by atoms with Gasteiger partial charge in [-0.1, -0.05) is 6.07 Å². The average Bonchev–Trinajstić information content (AvgIpc) is 2.84. The van der Waals surface area contributed by atoms with Crippen molar-refractivity contribution in [2.75, 3.05) is 0 Å². The summed E-state index contributed by atoms with van der Waals surface area (Å²) in [4.78, 5) is 14.7. The fourth-order valence-corrected chi connectivity index (χ4v) is 1.99. The third kappa shape index (κ3) is 3.43. The molecule has 0 saturated heterocycles. The van der Waals surface area contributed by atoms with E-state index in [0.29, 0.717) is 11.0 Å². The van der Waals surface area contributed by atoms with E-state index in [4.69, 9.17) is 0 Å². The van der Waals surface area contributed by atoms with E-state index in [2.05, 4.69) is 26.2 Å². The van der Waals surface area contributed by atoms with Crippen LogP contribution in [0.2, 0.25) is 0 Å². The maximum absolute atomic E-state index is 13.0. The number of aromatic amines is 1. The summed E-state index contributed by atoms with van der Waals surface area (Å²) in [5, 5.41) is 2.79. The van der Waals surface area contributed by atoms with Crippen LogP contribution in [-0.2, 0) is 17.8 Å². The number of nitrogens with one attached hydrogen (secondary N) is 2. The maximum Gasteiger partial charge on any atom is 0.224 e. The summed E-state index contributed by atoms with van der Waals surface area (Å²) in [5.74, 6) is -0.423. The molecule has 0 spiro atoms. The van der Waals surface area contributed by atoms with Gasteiger partial charge in [0.15, 0.2) is 0 Å². The van der Waals surface area contributed by atoms with Crippen molar-refractivity contribution in [3.63, 3.8) is 0 Å². The Labute approximate surface area is 113 Å². The van der Waals surface area contributed by atoms with Crippen LogP contribution >= 0.6 is 15.9 Å². The van der Waals surface area contributed by atoms with Crippen LogP contribution in [0.3, 0.4) is 0 Å². The Balaban J connectivity index is 1.88. The highest BCUT2D eigenvalue weighted by Crippen LogP contribution is 2.17. The van der Waals surface area contributed by atoms with Crippen LogP contribution in [0.1, 0.15) is 11.3 Å². The highest BCUT2D eigenvalue weighted by atomic mass is 79.9. The molecule has 1 heterocycles. The molecule has 3 nitrogen and oxygen atoms in total. The summed E-state index contributed by atoms with van der Waals surface area (Å²) in [5.41, 5.74) is 1.72. The fraction of sp³-hybridized carbons (Fsp3) is 0.154. The number of carbonyl (C=O) groups excluding carboxylic acids is 1. The third-order valence-electron chi connectivity index (χ3n) is 2.49.